The number of hydrogen-bond donors (Lipinski definition) is 0. The van der Waals surface area contributed by atoms with E-state index < -0.39 is 0 Å². The third-order valence-corrected chi connectivity index (χ3v) is 3.86. The van der Waals surface area contributed by atoms with Gasteiger partial charge in [-0.25, -0.2) is 0 Å². The van der Waals surface area contributed by atoms with Gasteiger partial charge in [0.2, 0.25) is 0 Å². The second-order valence-electron chi connectivity index (χ2n) is 6.05. The second-order valence-corrected chi connectivity index (χ2v) is 6.05. The molecule has 2 aliphatic rings. The minimum atomic E-state index is -0.135. The van der Waals surface area contributed by atoms with Crippen molar-refractivity contribution in [3.63, 3.8) is 0 Å². The number of carbonyl (C=O) groups is 1. The topological polar surface area (TPSA) is 48.4 Å². The Morgan fingerprint density at radius 3 is 2.55 bits per heavy atom. The van der Waals surface area contributed by atoms with Crippen LogP contribution in [0.5, 0.6) is 11.5 Å². The van der Waals surface area contributed by atoms with E-state index in [0.717, 1.165) is 18.5 Å². The van der Waals surface area contributed by atoms with Crippen LogP contribution in [0.15, 0.2) is 12.3 Å². The van der Waals surface area contributed by atoms with Crippen LogP contribution in [-0.2, 0) is 4.79 Å². The maximum absolute atomic E-state index is 11.9. The Morgan fingerprint density at radius 1 is 1.25 bits per heavy atom. The molecule has 0 amide bonds. The molecule has 0 N–H and O–H groups in total. The lowest BCUT2D eigenvalue weighted by Gasteiger charge is -2.25. The molecule has 0 radical (unpaired) electrons. The average Bonchev–Trinajstić information content (AvgIpc) is 3.13. The standard InChI is InChI=1S/C16H21NO3/c1-10(2)19-15-9-17-13(11-4-3-5-11)8-14(15)20-16(18)12-6-7-12/h8-12H,3-7H2,1-2H3. The highest BCUT2D eigenvalue weighted by Gasteiger charge is 2.32. The monoisotopic (exact) mass is 275 g/mol. The van der Waals surface area contributed by atoms with Crippen LogP contribution in [0.1, 0.15) is 57.6 Å². The molecule has 0 aliphatic heterocycles. The molecule has 2 saturated carbocycles. The third kappa shape index (κ3) is 2.94. The van der Waals surface area contributed by atoms with Gasteiger partial charge in [0.15, 0.2) is 11.5 Å². The number of aromatic nitrogens is 1. The van der Waals surface area contributed by atoms with Crippen LogP contribution < -0.4 is 9.47 Å². The number of pyridine rings is 1. The molecule has 0 unspecified atom stereocenters. The van der Waals surface area contributed by atoms with Crippen LogP contribution in [0.2, 0.25) is 0 Å². The second kappa shape index (κ2) is 5.43. The van der Waals surface area contributed by atoms with Crippen LogP contribution in [0, 0.1) is 5.92 Å². The molecule has 1 heterocycles. The molecule has 1 aromatic heterocycles. The van der Waals surface area contributed by atoms with E-state index >= 15 is 0 Å². The summed E-state index contributed by atoms with van der Waals surface area (Å²) in [6.07, 6.45) is 7.22. The van der Waals surface area contributed by atoms with Crippen LogP contribution in [0.3, 0.4) is 0 Å². The zero-order valence-corrected chi connectivity index (χ0v) is 12.1. The Morgan fingerprint density at radius 2 is 2.00 bits per heavy atom. The maximum atomic E-state index is 11.9. The van der Waals surface area contributed by atoms with Crippen molar-refractivity contribution < 1.29 is 14.3 Å². The van der Waals surface area contributed by atoms with Gasteiger partial charge in [0.25, 0.3) is 0 Å². The summed E-state index contributed by atoms with van der Waals surface area (Å²) in [7, 11) is 0. The highest BCUT2D eigenvalue weighted by Crippen LogP contribution is 2.39. The molecule has 3 rings (SSSR count). The van der Waals surface area contributed by atoms with Gasteiger partial charge in [0.1, 0.15) is 0 Å². The van der Waals surface area contributed by atoms with E-state index in [1.165, 1.54) is 19.3 Å². The number of carbonyl (C=O) groups excluding carboxylic acids is 1. The number of nitrogens with zero attached hydrogens (tertiary/aromatic N) is 1. The van der Waals surface area contributed by atoms with Crippen LogP contribution in [0.4, 0.5) is 0 Å². The van der Waals surface area contributed by atoms with Crippen molar-refractivity contribution in [2.45, 2.75) is 58.0 Å². The highest BCUT2D eigenvalue weighted by molar-refractivity contribution is 5.78. The van der Waals surface area contributed by atoms with E-state index in [1.807, 2.05) is 19.9 Å². The maximum Gasteiger partial charge on any atom is 0.314 e. The van der Waals surface area contributed by atoms with Gasteiger partial charge in [0.05, 0.1) is 18.2 Å². The van der Waals surface area contributed by atoms with Crippen molar-refractivity contribution >= 4 is 5.97 Å². The molecule has 0 aromatic carbocycles. The predicted octanol–water partition coefficient (Wildman–Crippen LogP) is 3.45. The van der Waals surface area contributed by atoms with Crippen molar-refractivity contribution in [3.8, 4) is 11.5 Å². The van der Waals surface area contributed by atoms with Gasteiger partial charge >= 0.3 is 5.97 Å². The Balaban J connectivity index is 1.81. The zero-order valence-electron chi connectivity index (χ0n) is 12.1. The fourth-order valence-electron chi connectivity index (χ4n) is 2.30. The molecule has 20 heavy (non-hydrogen) atoms. The summed E-state index contributed by atoms with van der Waals surface area (Å²) in [6, 6.07) is 1.89. The summed E-state index contributed by atoms with van der Waals surface area (Å²) in [4.78, 5) is 16.3. The van der Waals surface area contributed by atoms with Crippen molar-refractivity contribution in [1.29, 1.82) is 0 Å². The van der Waals surface area contributed by atoms with Crippen molar-refractivity contribution in [2.24, 2.45) is 5.92 Å². The van der Waals surface area contributed by atoms with E-state index in [-0.39, 0.29) is 18.0 Å². The van der Waals surface area contributed by atoms with Crippen molar-refractivity contribution in [3.05, 3.63) is 18.0 Å². The molecule has 108 valence electrons. The number of ether oxygens (including phenoxy) is 2. The Kier molecular flexibility index (Phi) is 3.64. The highest BCUT2D eigenvalue weighted by atomic mass is 16.6. The first kappa shape index (κ1) is 13.4. The first-order valence-electron chi connectivity index (χ1n) is 7.52. The molecule has 0 saturated heterocycles. The molecule has 0 atom stereocenters. The summed E-state index contributed by atoms with van der Waals surface area (Å²) in [5, 5.41) is 0. The van der Waals surface area contributed by atoms with E-state index in [0.29, 0.717) is 17.4 Å². The van der Waals surface area contributed by atoms with Gasteiger partial charge in [-0.3, -0.25) is 9.78 Å². The summed E-state index contributed by atoms with van der Waals surface area (Å²) < 4.78 is 11.2. The van der Waals surface area contributed by atoms with Crippen molar-refractivity contribution in [1.82, 2.24) is 4.98 Å². The average molecular weight is 275 g/mol. The molecule has 4 heteroatoms. The normalized spacial score (nSPS) is 18.8. The minimum absolute atomic E-state index is 0.0322. The van der Waals surface area contributed by atoms with Crippen molar-refractivity contribution in [2.75, 3.05) is 0 Å². The van der Waals surface area contributed by atoms with E-state index in [4.69, 9.17) is 9.47 Å². The van der Waals surface area contributed by atoms with Gasteiger partial charge in [-0.2, -0.15) is 0 Å². The molecule has 2 aliphatic carbocycles. The largest absolute Gasteiger partial charge is 0.485 e. The molecule has 4 nitrogen and oxygen atoms in total. The first-order chi connectivity index (χ1) is 9.63. The predicted molar refractivity (Wildman–Crippen MR) is 75.0 cm³/mol. The van der Waals surface area contributed by atoms with Gasteiger partial charge in [-0.15, -0.1) is 0 Å². The van der Waals surface area contributed by atoms with Gasteiger partial charge < -0.3 is 9.47 Å². The first-order valence-corrected chi connectivity index (χ1v) is 7.52. The zero-order chi connectivity index (χ0) is 14.1. The number of hydrogen-bond acceptors (Lipinski definition) is 4. The van der Waals surface area contributed by atoms with Gasteiger partial charge in [0, 0.05) is 17.7 Å². The molecule has 0 bridgehead atoms. The van der Waals surface area contributed by atoms with E-state index in [9.17, 15) is 4.79 Å². The van der Waals surface area contributed by atoms with E-state index in [1.54, 1.807) is 6.20 Å². The molecule has 1 aromatic rings. The van der Waals surface area contributed by atoms with Gasteiger partial charge in [-0.1, -0.05) is 6.42 Å². The fourth-order valence-corrected chi connectivity index (χ4v) is 2.30. The van der Waals surface area contributed by atoms with E-state index in [2.05, 4.69) is 4.98 Å². The summed E-state index contributed by atoms with van der Waals surface area (Å²) in [5.41, 5.74) is 1.02. The molecular weight excluding hydrogens is 254 g/mol. The molecular formula is C16H21NO3. The van der Waals surface area contributed by atoms with Crippen LogP contribution in [-0.4, -0.2) is 17.1 Å². The lowest BCUT2D eigenvalue weighted by atomic mass is 9.82. The SMILES string of the molecule is CC(C)Oc1cnc(C2CCC2)cc1OC(=O)C1CC1. The molecule has 0 spiro atoms. The Hall–Kier alpha value is -1.58. The minimum Gasteiger partial charge on any atom is -0.485 e. The van der Waals surface area contributed by atoms with Crippen LogP contribution >= 0.6 is 0 Å². The Bertz CT molecular complexity index is 504. The lowest BCUT2D eigenvalue weighted by Crippen LogP contribution is -2.15. The smallest absolute Gasteiger partial charge is 0.314 e. The number of esters is 1. The summed E-state index contributed by atoms with van der Waals surface area (Å²) >= 11 is 0. The van der Waals surface area contributed by atoms with Gasteiger partial charge in [-0.05, 0) is 39.5 Å². The van der Waals surface area contributed by atoms with Crippen LogP contribution in [0.25, 0.3) is 0 Å². The summed E-state index contributed by atoms with van der Waals surface area (Å²) in [6.45, 7) is 3.90. The fraction of sp³-hybridized carbons (Fsp3) is 0.625. The molecule has 2 fully saturated rings. The summed E-state index contributed by atoms with van der Waals surface area (Å²) in [5.74, 6) is 1.57. The lowest BCUT2D eigenvalue weighted by molar-refractivity contribution is -0.135. The number of rotatable bonds is 5. The quantitative estimate of drug-likeness (QED) is 0.772. The third-order valence-electron chi connectivity index (χ3n) is 3.86. The Labute approximate surface area is 119 Å².